The van der Waals surface area contributed by atoms with E-state index in [0.717, 1.165) is 16.9 Å². The maximum atomic E-state index is 6.15. The lowest BCUT2D eigenvalue weighted by atomic mass is 10.2. The SMILES string of the molecule is CCOc1ccc(N)cc1COc1ccc(C)cc1Cl. The minimum absolute atomic E-state index is 0.364. The highest BCUT2D eigenvalue weighted by Crippen LogP contribution is 2.28. The van der Waals surface area contributed by atoms with Gasteiger partial charge in [-0.2, -0.15) is 0 Å². The Balaban J connectivity index is 2.15. The Kier molecular flexibility index (Phi) is 4.74. The molecule has 2 rings (SSSR count). The van der Waals surface area contributed by atoms with Crippen LogP contribution in [0.4, 0.5) is 5.69 Å². The molecule has 0 spiro atoms. The van der Waals surface area contributed by atoms with Gasteiger partial charge in [-0.05, 0) is 49.7 Å². The van der Waals surface area contributed by atoms with Crippen molar-refractivity contribution in [2.45, 2.75) is 20.5 Å². The summed E-state index contributed by atoms with van der Waals surface area (Å²) in [6, 6.07) is 11.2. The summed E-state index contributed by atoms with van der Waals surface area (Å²) < 4.78 is 11.3. The number of rotatable bonds is 5. The van der Waals surface area contributed by atoms with Crippen LogP contribution in [0.1, 0.15) is 18.1 Å². The molecule has 106 valence electrons. The standard InChI is InChI=1S/C16H18ClNO2/c1-3-19-15-7-5-13(18)9-12(15)10-20-16-6-4-11(2)8-14(16)17/h4-9H,3,10,18H2,1-2H3. The summed E-state index contributed by atoms with van der Waals surface area (Å²) in [5.41, 5.74) is 8.49. The molecule has 20 heavy (non-hydrogen) atoms. The van der Waals surface area contributed by atoms with Crippen molar-refractivity contribution in [1.29, 1.82) is 0 Å². The van der Waals surface area contributed by atoms with E-state index in [2.05, 4.69) is 0 Å². The summed E-state index contributed by atoms with van der Waals surface area (Å²) in [5.74, 6) is 1.44. The predicted octanol–water partition coefficient (Wildman–Crippen LogP) is 4.21. The normalized spacial score (nSPS) is 10.3. The minimum Gasteiger partial charge on any atom is -0.493 e. The molecule has 0 saturated carbocycles. The van der Waals surface area contributed by atoms with Gasteiger partial charge in [-0.25, -0.2) is 0 Å². The molecule has 2 aromatic carbocycles. The Labute approximate surface area is 124 Å². The molecule has 0 aromatic heterocycles. The Morgan fingerprint density at radius 3 is 2.50 bits per heavy atom. The van der Waals surface area contributed by atoms with Crippen LogP contribution in [0, 0.1) is 6.92 Å². The molecule has 0 aliphatic rings. The monoisotopic (exact) mass is 291 g/mol. The summed E-state index contributed by atoms with van der Waals surface area (Å²) in [6.07, 6.45) is 0. The van der Waals surface area contributed by atoms with Crippen molar-refractivity contribution in [3.05, 3.63) is 52.5 Å². The van der Waals surface area contributed by atoms with Crippen LogP contribution in [-0.4, -0.2) is 6.61 Å². The Morgan fingerprint density at radius 2 is 1.80 bits per heavy atom. The first-order valence-corrected chi connectivity index (χ1v) is 6.88. The van der Waals surface area contributed by atoms with Gasteiger partial charge < -0.3 is 15.2 Å². The van der Waals surface area contributed by atoms with Crippen molar-refractivity contribution in [1.82, 2.24) is 0 Å². The lowest BCUT2D eigenvalue weighted by Crippen LogP contribution is -2.02. The second kappa shape index (κ2) is 6.53. The highest BCUT2D eigenvalue weighted by molar-refractivity contribution is 6.32. The maximum Gasteiger partial charge on any atom is 0.138 e. The molecule has 0 radical (unpaired) electrons. The van der Waals surface area contributed by atoms with Crippen LogP contribution in [0.15, 0.2) is 36.4 Å². The van der Waals surface area contributed by atoms with E-state index in [1.807, 2.05) is 50.2 Å². The molecule has 4 heteroatoms. The van der Waals surface area contributed by atoms with E-state index in [1.165, 1.54) is 0 Å². The van der Waals surface area contributed by atoms with Gasteiger partial charge in [0, 0.05) is 11.3 Å². The van der Waals surface area contributed by atoms with Crippen LogP contribution >= 0.6 is 11.6 Å². The van der Waals surface area contributed by atoms with E-state index in [0.29, 0.717) is 29.7 Å². The molecular weight excluding hydrogens is 274 g/mol. The van der Waals surface area contributed by atoms with Gasteiger partial charge in [0.05, 0.1) is 11.6 Å². The van der Waals surface area contributed by atoms with Crippen molar-refractivity contribution in [3.63, 3.8) is 0 Å². The van der Waals surface area contributed by atoms with Gasteiger partial charge in [0.2, 0.25) is 0 Å². The number of aryl methyl sites for hydroxylation is 1. The second-order valence-electron chi connectivity index (χ2n) is 4.52. The van der Waals surface area contributed by atoms with Gasteiger partial charge in [-0.1, -0.05) is 17.7 Å². The zero-order valence-corrected chi connectivity index (χ0v) is 12.4. The number of hydrogen-bond acceptors (Lipinski definition) is 3. The van der Waals surface area contributed by atoms with Gasteiger partial charge in [-0.15, -0.1) is 0 Å². The van der Waals surface area contributed by atoms with Crippen LogP contribution < -0.4 is 15.2 Å². The van der Waals surface area contributed by atoms with Crippen LogP contribution in [0.5, 0.6) is 11.5 Å². The smallest absolute Gasteiger partial charge is 0.138 e. The molecule has 0 saturated heterocycles. The zero-order chi connectivity index (χ0) is 14.5. The molecule has 0 fully saturated rings. The highest BCUT2D eigenvalue weighted by atomic mass is 35.5. The zero-order valence-electron chi connectivity index (χ0n) is 11.7. The van der Waals surface area contributed by atoms with Crippen molar-refractivity contribution in [2.24, 2.45) is 0 Å². The topological polar surface area (TPSA) is 44.5 Å². The van der Waals surface area contributed by atoms with Crippen molar-refractivity contribution >= 4 is 17.3 Å². The molecular formula is C16H18ClNO2. The number of anilines is 1. The number of hydrogen-bond donors (Lipinski definition) is 1. The lowest BCUT2D eigenvalue weighted by Gasteiger charge is -2.13. The van der Waals surface area contributed by atoms with E-state index in [4.69, 9.17) is 26.8 Å². The molecule has 2 aromatic rings. The summed E-state index contributed by atoms with van der Waals surface area (Å²) in [4.78, 5) is 0. The van der Waals surface area contributed by atoms with Gasteiger partial charge in [0.1, 0.15) is 18.1 Å². The van der Waals surface area contributed by atoms with Crippen LogP contribution in [-0.2, 0) is 6.61 Å². The summed E-state index contributed by atoms with van der Waals surface area (Å²) in [6.45, 7) is 4.89. The number of benzene rings is 2. The van der Waals surface area contributed by atoms with Crippen LogP contribution in [0.3, 0.4) is 0 Å². The summed E-state index contributed by atoms with van der Waals surface area (Å²) in [5, 5.41) is 0.604. The highest BCUT2D eigenvalue weighted by Gasteiger charge is 2.07. The molecule has 3 nitrogen and oxygen atoms in total. The molecule has 0 unspecified atom stereocenters. The third-order valence-electron chi connectivity index (χ3n) is 2.85. The van der Waals surface area contributed by atoms with Crippen molar-refractivity contribution in [3.8, 4) is 11.5 Å². The molecule has 0 atom stereocenters. The fourth-order valence-corrected chi connectivity index (χ4v) is 2.18. The van der Waals surface area contributed by atoms with Gasteiger partial charge >= 0.3 is 0 Å². The summed E-state index contributed by atoms with van der Waals surface area (Å²) >= 11 is 6.15. The fraction of sp³-hybridized carbons (Fsp3) is 0.250. The largest absolute Gasteiger partial charge is 0.493 e. The van der Waals surface area contributed by atoms with E-state index in [1.54, 1.807) is 0 Å². The van der Waals surface area contributed by atoms with E-state index >= 15 is 0 Å². The molecule has 0 amide bonds. The second-order valence-corrected chi connectivity index (χ2v) is 4.93. The van der Waals surface area contributed by atoms with E-state index < -0.39 is 0 Å². The predicted molar refractivity (Wildman–Crippen MR) is 82.5 cm³/mol. The Bertz CT molecular complexity index is 599. The van der Waals surface area contributed by atoms with Crippen LogP contribution in [0.25, 0.3) is 0 Å². The molecule has 0 heterocycles. The number of ether oxygens (including phenoxy) is 2. The minimum atomic E-state index is 0.364. The van der Waals surface area contributed by atoms with E-state index in [-0.39, 0.29) is 0 Å². The number of nitrogens with two attached hydrogens (primary N) is 1. The lowest BCUT2D eigenvalue weighted by molar-refractivity contribution is 0.286. The van der Waals surface area contributed by atoms with Crippen LogP contribution in [0.2, 0.25) is 5.02 Å². The number of halogens is 1. The van der Waals surface area contributed by atoms with Gasteiger partial charge in [0.15, 0.2) is 0 Å². The quantitative estimate of drug-likeness (QED) is 0.839. The first-order chi connectivity index (χ1) is 9.60. The maximum absolute atomic E-state index is 6.15. The van der Waals surface area contributed by atoms with Gasteiger partial charge in [-0.3, -0.25) is 0 Å². The third kappa shape index (κ3) is 3.58. The molecule has 2 N–H and O–H groups in total. The molecule has 0 aliphatic carbocycles. The average molecular weight is 292 g/mol. The van der Waals surface area contributed by atoms with Gasteiger partial charge in [0.25, 0.3) is 0 Å². The Hall–Kier alpha value is -1.87. The van der Waals surface area contributed by atoms with Crippen molar-refractivity contribution < 1.29 is 9.47 Å². The fourth-order valence-electron chi connectivity index (χ4n) is 1.89. The van der Waals surface area contributed by atoms with E-state index in [9.17, 15) is 0 Å². The first-order valence-electron chi connectivity index (χ1n) is 6.50. The molecule has 0 aliphatic heterocycles. The summed E-state index contributed by atoms with van der Waals surface area (Å²) in [7, 11) is 0. The third-order valence-corrected chi connectivity index (χ3v) is 3.15. The Morgan fingerprint density at radius 1 is 1.05 bits per heavy atom. The first kappa shape index (κ1) is 14.5. The average Bonchev–Trinajstić information content (AvgIpc) is 2.41. The number of nitrogen functional groups attached to an aromatic ring is 1. The molecule has 0 bridgehead atoms. The van der Waals surface area contributed by atoms with Crippen molar-refractivity contribution in [2.75, 3.05) is 12.3 Å².